The normalized spacial score (nSPS) is 20.7. The van der Waals surface area contributed by atoms with Crippen molar-refractivity contribution >= 4 is 15.9 Å². The molecule has 1 aromatic carbocycles. The zero-order valence-electron chi connectivity index (χ0n) is 13.5. The van der Waals surface area contributed by atoms with Gasteiger partial charge in [0.05, 0.1) is 24.7 Å². The van der Waals surface area contributed by atoms with Gasteiger partial charge in [-0.1, -0.05) is 19.1 Å². The summed E-state index contributed by atoms with van der Waals surface area (Å²) in [6.07, 6.45) is 1.38. The Hall–Kier alpha value is -1.76. The van der Waals surface area contributed by atoms with Crippen molar-refractivity contribution in [1.82, 2.24) is 10.6 Å². The number of amides is 2. The first kappa shape index (κ1) is 17.6. The Morgan fingerprint density at radius 1 is 1.35 bits per heavy atom. The fourth-order valence-electron chi connectivity index (χ4n) is 2.74. The molecule has 0 saturated carbocycles. The van der Waals surface area contributed by atoms with Gasteiger partial charge >= 0.3 is 6.03 Å². The molecule has 1 heterocycles. The van der Waals surface area contributed by atoms with Gasteiger partial charge in [0, 0.05) is 6.54 Å². The summed E-state index contributed by atoms with van der Waals surface area (Å²) in [5.74, 6) is 1.19. The number of carbonyl (C=O) groups excluding carboxylic acids is 1. The topological polar surface area (TPSA) is 84.5 Å². The largest absolute Gasteiger partial charge is 0.497 e. The van der Waals surface area contributed by atoms with Crippen molar-refractivity contribution in [2.45, 2.75) is 25.8 Å². The third-order valence-corrected chi connectivity index (χ3v) is 5.95. The molecule has 1 aromatic rings. The van der Waals surface area contributed by atoms with E-state index in [1.807, 2.05) is 31.2 Å². The molecule has 2 N–H and O–H groups in total. The minimum absolute atomic E-state index is 0.0202. The van der Waals surface area contributed by atoms with Crippen LogP contribution in [0.25, 0.3) is 0 Å². The third-order valence-electron chi connectivity index (χ3n) is 4.11. The summed E-state index contributed by atoms with van der Waals surface area (Å²) < 4.78 is 27.9. The zero-order chi connectivity index (χ0) is 16.9. The van der Waals surface area contributed by atoms with E-state index in [0.717, 1.165) is 17.7 Å². The van der Waals surface area contributed by atoms with Crippen LogP contribution in [0.3, 0.4) is 0 Å². The summed E-state index contributed by atoms with van der Waals surface area (Å²) in [6, 6.07) is 7.22. The van der Waals surface area contributed by atoms with Gasteiger partial charge in [0.15, 0.2) is 9.84 Å². The van der Waals surface area contributed by atoms with Gasteiger partial charge in [-0.2, -0.15) is 0 Å². The van der Waals surface area contributed by atoms with Gasteiger partial charge in [0.25, 0.3) is 0 Å². The van der Waals surface area contributed by atoms with Crippen LogP contribution in [0, 0.1) is 5.92 Å². The fraction of sp³-hybridized carbons (Fsp3) is 0.562. The maximum atomic E-state index is 12.0. The molecule has 23 heavy (non-hydrogen) atoms. The van der Waals surface area contributed by atoms with Gasteiger partial charge in [0.1, 0.15) is 5.75 Å². The van der Waals surface area contributed by atoms with E-state index >= 15 is 0 Å². The lowest BCUT2D eigenvalue weighted by atomic mass is 10.0. The van der Waals surface area contributed by atoms with E-state index in [4.69, 9.17) is 4.74 Å². The number of sulfone groups is 1. The molecule has 6 nitrogen and oxygen atoms in total. The Kier molecular flexibility index (Phi) is 5.87. The number of hydrogen-bond acceptors (Lipinski definition) is 4. The lowest BCUT2D eigenvalue weighted by Crippen LogP contribution is -2.40. The molecule has 1 aliphatic heterocycles. The molecule has 7 heteroatoms. The van der Waals surface area contributed by atoms with Gasteiger partial charge in [-0.3, -0.25) is 0 Å². The highest BCUT2D eigenvalue weighted by Crippen LogP contribution is 2.20. The van der Waals surface area contributed by atoms with E-state index in [-0.39, 0.29) is 29.5 Å². The monoisotopic (exact) mass is 340 g/mol. The Balaban J connectivity index is 1.84. The summed E-state index contributed by atoms with van der Waals surface area (Å²) in [7, 11) is -1.29. The molecule has 0 radical (unpaired) electrons. The van der Waals surface area contributed by atoms with Crippen LogP contribution in [0.2, 0.25) is 0 Å². The molecule has 1 saturated heterocycles. The summed E-state index contributed by atoms with van der Waals surface area (Å²) >= 11 is 0. The van der Waals surface area contributed by atoms with Crippen molar-refractivity contribution in [1.29, 1.82) is 0 Å². The Labute approximate surface area is 137 Å². The van der Waals surface area contributed by atoms with Crippen molar-refractivity contribution in [3.05, 3.63) is 29.8 Å². The second-order valence-corrected chi connectivity index (χ2v) is 8.09. The molecule has 2 rings (SSSR count). The quantitative estimate of drug-likeness (QED) is 0.828. The average Bonchev–Trinajstić information content (AvgIpc) is 2.90. The highest BCUT2D eigenvalue weighted by atomic mass is 32.2. The SMILES string of the molecule is CC[C@H](NC(=O)NC[C@H]1CCS(=O)(=O)C1)c1ccc(OC)cc1. The third kappa shape index (κ3) is 5.13. The maximum absolute atomic E-state index is 12.0. The Morgan fingerprint density at radius 2 is 2.04 bits per heavy atom. The van der Waals surface area contributed by atoms with Gasteiger partial charge < -0.3 is 15.4 Å². The molecular weight excluding hydrogens is 316 g/mol. The summed E-state index contributed by atoms with van der Waals surface area (Å²) in [5.41, 5.74) is 1.01. The minimum Gasteiger partial charge on any atom is -0.497 e. The summed E-state index contributed by atoms with van der Waals surface area (Å²) in [6.45, 7) is 2.39. The number of nitrogens with one attached hydrogen (secondary N) is 2. The molecule has 2 amide bonds. The first-order chi connectivity index (χ1) is 10.9. The van der Waals surface area contributed by atoms with E-state index in [0.29, 0.717) is 13.0 Å². The molecule has 128 valence electrons. The predicted molar refractivity (Wildman–Crippen MR) is 89.3 cm³/mol. The first-order valence-electron chi connectivity index (χ1n) is 7.82. The van der Waals surface area contributed by atoms with Crippen LogP contribution in [0.1, 0.15) is 31.4 Å². The molecule has 0 unspecified atom stereocenters. The van der Waals surface area contributed by atoms with Crippen LogP contribution in [0.4, 0.5) is 4.79 Å². The van der Waals surface area contributed by atoms with Crippen molar-refractivity contribution < 1.29 is 17.9 Å². The van der Waals surface area contributed by atoms with E-state index in [2.05, 4.69) is 10.6 Å². The molecule has 0 aliphatic carbocycles. The van der Waals surface area contributed by atoms with Crippen molar-refractivity contribution in [3.63, 3.8) is 0 Å². The lowest BCUT2D eigenvalue weighted by molar-refractivity contribution is 0.235. The number of carbonyl (C=O) groups is 1. The number of hydrogen-bond donors (Lipinski definition) is 2. The van der Waals surface area contributed by atoms with Crippen LogP contribution in [-0.4, -0.2) is 39.6 Å². The molecule has 1 fully saturated rings. The zero-order valence-corrected chi connectivity index (χ0v) is 14.4. The number of ether oxygens (including phenoxy) is 1. The second kappa shape index (κ2) is 7.68. The second-order valence-electron chi connectivity index (χ2n) is 5.86. The molecule has 1 aliphatic rings. The number of urea groups is 1. The van der Waals surface area contributed by atoms with Crippen LogP contribution in [0.5, 0.6) is 5.75 Å². The van der Waals surface area contributed by atoms with Gasteiger partial charge in [0.2, 0.25) is 0 Å². The van der Waals surface area contributed by atoms with Gasteiger partial charge in [-0.15, -0.1) is 0 Å². The molecule has 0 bridgehead atoms. The molecular formula is C16H24N2O4S. The van der Waals surface area contributed by atoms with E-state index in [9.17, 15) is 13.2 Å². The standard InChI is InChI=1S/C16H24N2O4S/c1-3-15(13-4-6-14(22-2)7-5-13)18-16(19)17-10-12-8-9-23(20,21)11-12/h4-7,12,15H,3,8-11H2,1-2H3,(H2,17,18,19)/t12-,15+/m1/s1. The van der Waals surface area contributed by atoms with Crippen LogP contribution in [-0.2, 0) is 9.84 Å². The number of methoxy groups -OCH3 is 1. The molecule has 0 spiro atoms. The van der Waals surface area contributed by atoms with Crippen LogP contribution < -0.4 is 15.4 Å². The van der Waals surface area contributed by atoms with E-state index in [1.54, 1.807) is 7.11 Å². The van der Waals surface area contributed by atoms with Crippen molar-refractivity contribution in [2.24, 2.45) is 5.92 Å². The summed E-state index contributed by atoms with van der Waals surface area (Å²) in [4.78, 5) is 12.0. The lowest BCUT2D eigenvalue weighted by Gasteiger charge is -2.19. The van der Waals surface area contributed by atoms with Crippen molar-refractivity contribution in [2.75, 3.05) is 25.2 Å². The maximum Gasteiger partial charge on any atom is 0.315 e. The average molecular weight is 340 g/mol. The number of benzene rings is 1. The van der Waals surface area contributed by atoms with Gasteiger partial charge in [-0.25, -0.2) is 13.2 Å². The number of rotatable bonds is 6. The first-order valence-corrected chi connectivity index (χ1v) is 9.64. The van der Waals surface area contributed by atoms with E-state index < -0.39 is 9.84 Å². The molecule has 0 aromatic heterocycles. The smallest absolute Gasteiger partial charge is 0.315 e. The molecule has 2 atom stereocenters. The fourth-order valence-corrected chi connectivity index (χ4v) is 4.60. The van der Waals surface area contributed by atoms with Crippen LogP contribution >= 0.6 is 0 Å². The highest BCUT2D eigenvalue weighted by Gasteiger charge is 2.28. The predicted octanol–water partition coefficient (Wildman–Crippen LogP) is 1.88. The van der Waals surface area contributed by atoms with Crippen LogP contribution in [0.15, 0.2) is 24.3 Å². The van der Waals surface area contributed by atoms with Gasteiger partial charge in [-0.05, 0) is 36.5 Å². The minimum atomic E-state index is -2.90. The Bertz CT molecular complexity index is 628. The van der Waals surface area contributed by atoms with Crippen molar-refractivity contribution in [3.8, 4) is 5.75 Å². The summed E-state index contributed by atoms with van der Waals surface area (Å²) in [5, 5.41) is 5.71. The van der Waals surface area contributed by atoms with E-state index in [1.165, 1.54) is 0 Å². The highest BCUT2D eigenvalue weighted by molar-refractivity contribution is 7.91. The Morgan fingerprint density at radius 3 is 2.57 bits per heavy atom.